The zero-order valence-electron chi connectivity index (χ0n) is 7.83. The van der Waals surface area contributed by atoms with Crippen molar-refractivity contribution in [1.29, 1.82) is 0 Å². The Labute approximate surface area is 81.8 Å². The van der Waals surface area contributed by atoms with Gasteiger partial charge in [0.15, 0.2) is 0 Å². The summed E-state index contributed by atoms with van der Waals surface area (Å²) in [5.41, 5.74) is 0. The van der Waals surface area contributed by atoms with E-state index in [0.29, 0.717) is 5.75 Å². The normalized spacial score (nSPS) is 6.67. The van der Waals surface area contributed by atoms with E-state index in [0.717, 1.165) is 0 Å². The maximum atomic E-state index is 8.63. The maximum Gasteiger partial charge on any atom is 1.00 e. The molecule has 0 heterocycles. The smallest absolute Gasteiger partial charge is 1.00 e. The molecule has 0 aromatic heterocycles. The van der Waals surface area contributed by atoms with E-state index in [1.807, 2.05) is 6.07 Å². The zero-order valence-corrected chi connectivity index (χ0v) is 5.83. The minimum atomic E-state index is 0. The molecule has 0 saturated carbocycles. The number of benzene rings is 1. The van der Waals surface area contributed by atoms with Gasteiger partial charge in [-0.25, -0.2) is 0 Å². The molecule has 0 bridgehead atoms. The van der Waals surface area contributed by atoms with E-state index in [2.05, 4.69) is 0 Å². The van der Waals surface area contributed by atoms with Crippen LogP contribution >= 0.6 is 0 Å². The van der Waals surface area contributed by atoms with Crippen LogP contribution in [0.3, 0.4) is 0 Å². The summed E-state index contributed by atoms with van der Waals surface area (Å²) < 4.78 is 0. The predicted molar refractivity (Wildman–Crippen MR) is 30.3 cm³/mol. The Balaban J connectivity index is -0.0000000612. The second-order valence-electron chi connectivity index (χ2n) is 1.34. The van der Waals surface area contributed by atoms with Crippen LogP contribution in [0.4, 0.5) is 0 Å². The van der Waals surface area contributed by atoms with Gasteiger partial charge in [0.2, 0.25) is 0 Å². The van der Waals surface area contributed by atoms with Gasteiger partial charge in [-0.2, -0.15) is 0 Å². The predicted octanol–water partition coefficient (Wildman–Crippen LogP) is -4.37. The van der Waals surface area contributed by atoms with Gasteiger partial charge in [0.1, 0.15) is 5.75 Å². The maximum absolute atomic E-state index is 8.63. The van der Waals surface area contributed by atoms with E-state index in [1.54, 1.807) is 24.3 Å². The third kappa shape index (κ3) is 4.70. The Morgan fingerprint density at radius 2 is 1.44 bits per heavy atom. The van der Waals surface area contributed by atoms with E-state index in [4.69, 9.17) is 5.11 Å². The molecule has 0 atom stereocenters. The molecule has 40 valence electrons. The number of aromatic hydroxyl groups is 1. The molecule has 9 heavy (non-hydrogen) atoms. The van der Waals surface area contributed by atoms with Crippen molar-refractivity contribution in [2.45, 2.75) is 0 Å². The van der Waals surface area contributed by atoms with Gasteiger partial charge in [-0.3, -0.25) is 0 Å². The summed E-state index contributed by atoms with van der Waals surface area (Å²) in [4.78, 5) is 0. The van der Waals surface area contributed by atoms with Crippen molar-refractivity contribution < 1.29 is 45.7 Å². The van der Waals surface area contributed by atoms with Gasteiger partial charge in [0.05, 0.1) is 0 Å². The number of rotatable bonds is 0. The first-order chi connectivity index (χ1) is 3.39. The molecule has 0 saturated heterocycles. The Bertz CT molecular complexity index is 149. The third-order valence-corrected chi connectivity index (χ3v) is 0.756. The molecule has 0 aliphatic rings. The van der Waals surface area contributed by atoms with Gasteiger partial charge in [-0.15, -0.1) is 0 Å². The van der Waals surface area contributed by atoms with Crippen LogP contribution in [-0.4, -0.2) is 5.11 Å². The monoisotopic (exact) mass is 110 g/mol. The van der Waals surface area contributed by atoms with Crippen LogP contribution in [0.2, 0.25) is 0 Å². The molecule has 0 fully saturated rings. The van der Waals surface area contributed by atoms with Crippen molar-refractivity contribution in [2.24, 2.45) is 0 Å². The number of para-hydroxylation sites is 1. The standard InChI is InChI=1S/C6H6O.2Li.2H/c7-6-4-2-1-3-5-6;;;;/h1-5,7H;;;;/q;2*+1;2*-1. The molecule has 0 radical (unpaired) electrons. The van der Waals surface area contributed by atoms with E-state index < -0.39 is 0 Å². The molecule has 0 aliphatic heterocycles. The van der Waals surface area contributed by atoms with Gasteiger partial charge >= 0.3 is 37.7 Å². The number of hydrogen-bond acceptors (Lipinski definition) is 1. The summed E-state index contributed by atoms with van der Waals surface area (Å²) in [6.07, 6.45) is 0. The summed E-state index contributed by atoms with van der Waals surface area (Å²) in [5, 5.41) is 8.63. The molecule has 0 amide bonds. The van der Waals surface area contributed by atoms with Gasteiger partial charge in [-0.1, -0.05) is 18.2 Å². The van der Waals surface area contributed by atoms with Gasteiger partial charge in [-0.05, 0) is 12.1 Å². The molecule has 1 N–H and O–H groups in total. The third-order valence-electron chi connectivity index (χ3n) is 0.756. The van der Waals surface area contributed by atoms with E-state index >= 15 is 0 Å². The second kappa shape index (κ2) is 6.34. The fourth-order valence-electron chi connectivity index (χ4n) is 0.428. The minimum absolute atomic E-state index is 0. The zero-order chi connectivity index (χ0) is 5.11. The summed E-state index contributed by atoms with van der Waals surface area (Å²) in [6.45, 7) is 0. The first-order valence-electron chi connectivity index (χ1n) is 2.13. The quantitative estimate of drug-likeness (QED) is 0.334. The number of phenols is 1. The van der Waals surface area contributed by atoms with Crippen molar-refractivity contribution in [1.82, 2.24) is 0 Å². The fourth-order valence-corrected chi connectivity index (χ4v) is 0.428. The van der Waals surface area contributed by atoms with E-state index in [9.17, 15) is 0 Å². The first kappa shape index (κ1) is 11.9. The fraction of sp³-hybridized carbons (Fsp3) is 0. The second-order valence-corrected chi connectivity index (χ2v) is 1.34. The molecule has 1 nitrogen and oxygen atoms in total. The van der Waals surface area contributed by atoms with E-state index in [-0.39, 0.29) is 40.6 Å². The Morgan fingerprint density at radius 3 is 1.67 bits per heavy atom. The van der Waals surface area contributed by atoms with Crippen molar-refractivity contribution in [2.75, 3.05) is 0 Å². The molecular formula is C6H8Li2O. The molecule has 3 heteroatoms. The van der Waals surface area contributed by atoms with Crippen molar-refractivity contribution in [3.8, 4) is 5.75 Å². The van der Waals surface area contributed by atoms with Crippen LogP contribution in [0.25, 0.3) is 0 Å². The van der Waals surface area contributed by atoms with Gasteiger partial charge < -0.3 is 7.96 Å². The topological polar surface area (TPSA) is 20.2 Å². The van der Waals surface area contributed by atoms with Gasteiger partial charge in [0.25, 0.3) is 0 Å². The van der Waals surface area contributed by atoms with Crippen LogP contribution in [0, 0.1) is 0 Å². The molecule has 0 unspecified atom stereocenters. The minimum Gasteiger partial charge on any atom is -1.00 e. The summed E-state index contributed by atoms with van der Waals surface area (Å²) in [7, 11) is 0. The largest absolute Gasteiger partial charge is 1.00 e. The Morgan fingerprint density at radius 1 is 1.00 bits per heavy atom. The Kier molecular flexibility index (Phi) is 8.41. The summed E-state index contributed by atoms with van der Waals surface area (Å²) >= 11 is 0. The van der Waals surface area contributed by atoms with E-state index in [1.165, 1.54) is 0 Å². The van der Waals surface area contributed by atoms with Gasteiger partial charge in [0, 0.05) is 0 Å². The molecule has 1 rings (SSSR count). The van der Waals surface area contributed by atoms with Crippen molar-refractivity contribution in [3.63, 3.8) is 0 Å². The molecule has 1 aromatic carbocycles. The average molecular weight is 110 g/mol. The molecule has 1 aromatic rings. The first-order valence-corrected chi connectivity index (χ1v) is 2.13. The van der Waals surface area contributed by atoms with Crippen molar-refractivity contribution >= 4 is 0 Å². The Hall–Kier alpha value is 0.215. The van der Waals surface area contributed by atoms with Crippen LogP contribution < -0.4 is 37.7 Å². The average Bonchev–Trinajstić information content (AvgIpc) is 1.69. The van der Waals surface area contributed by atoms with Crippen molar-refractivity contribution in [3.05, 3.63) is 30.3 Å². The van der Waals surface area contributed by atoms with Crippen LogP contribution in [0.1, 0.15) is 2.85 Å². The number of phenolic OH excluding ortho intramolecular Hbond substituents is 1. The number of hydrogen-bond donors (Lipinski definition) is 1. The molecule has 0 aliphatic carbocycles. The molecule has 0 spiro atoms. The van der Waals surface area contributed by atoms with Crippen LogP contribution in [0.5, 0.6) is 5.75 Å². The SMILES string of the molecule is Oc1ccccc1.[H-].[H-].[Li+].[Li+]. The van der Waals surface area contributed by atoms with Crippen LogP contribution in [-0.2, 0) is 0 Å². The summed E-state index contributed by atoms with van der Waals surface area (Å²) in [6, 6.07) is 8.71. The van der Waals surface area contributed by atoms with Crippen LogP contribution in [0.15, 0.2) is 30.3 Å². The summed E-state index contributed by atoms with van der Waals surface area (Å²) in [5.74, 6) is 0.322. The molecular weight excluding hydrogens is 102 g/mol.